The second-order valence-corrected chi connectivity index (χ2v) is 5.05. The van der Waals surface area contributed by atoms with Gasteiger partial charge in [-0.3, -0.25) is 9.59 Å². The van der Waals surface area contributed by atoms with Crippen molar-refractivity contribution in [3.63, 3.8) is 0 Å². The van der Waals surface area contributed by atoms with Crippen LogP contribution in [0.5, 0.6) is 0 Å². The number of ether oxygens (including phenoxy) is 2. The molecular formula is C18H18O4. The highest BCUT2D eigenvalue weighted by Gasteiger charge is 2.45. The van der Waals surface area contributed by atoms with Gasteiger partial charge in [0, 0.05) is 0 Å². The van der Waals surface area contributed by atoms with Gasteiger partial charge in [0.15, 0.2) is 5.41 Å². The van der Waals surface area contributed by atoms with Crippen LogP contribution in [0.4, 0.5) is 0 Å². The number of hydrogen-bond acceptors (Lipinski definition) is 4. The molecule has 22 heavy (non-hydrogen) atoms. The molecule has 0 amide bonds. The van der Waals surface area contributed by atoms with Gasteiger partial charge in [-0.05, 0) is 29.7 Å². The molecule has 2 aromatic carbocycles. The zero-order chi connectivity index (χ0) is 16.2. The van der Waals surface area contributed by atoms with E-state index in [4.69, 9.17) is 9.47 Å². The van der Waals surface area contributed by atoms with Crippen molar-refractivity contribution in [1.29, 1.82) is 0 Å². The largest absolute Gasteiger partial charge is 0.468 e. The van der Waals surface area contributed by atoms with Crippen molar-refractivity contribution in [1.82, 2.24) is 0 Å². The predicted molar refractivity (Wildman–Crippen MR) is 83.3 cm³/mol. The molecule has 0 bridgehead atoms. The third kappa shape index (κ3) is 2.72. The molecular weight excluding hydrogens is 280 g/mol. The van der Waals surface area contributed by atoms with E-state index in [1.807, 2.05) is 48.5 Å². The number of benzene rings is 2. The molecule has 4 heteroatoms. The molecule has 0 unspecified atom stereocenters. The first-order valence-electron chi connectivity index (χ1n) is 6.87. The lowest BCUT2D eigenvalue weighted by Crippen LogP contribution is -2.42. The van der Waals surface area contributed by atoms with E-state index in [-0.39, 0.29) is 0 Å². The van der Waals surface area contributed by atoms with Crippen molar-refractivity contribution in [2.45, 2.75) is 12.3 Å². The summed E-state index contributed by atoms with van der Waals surface area (Å²) in [7, 11) is 2.51. The van der Waals surface area contributed by atoms with Gasteiger partial charge in [-0.2, -0.15) is 0 Å². The Morgan fingerprint density at radius 1 is 0.818 bits per heavy atom. The van der Waals surface area contributed by atoms with Crippen LogP contribution in [-0.2, 0) is 24.5 Å². The van der Waals surface area contributed by atoms with Gasteiger partial charge in [-0.1, -0.05) is 48.5 Å². The van der Waals surface area contributed by atoms with Crippen molar-refractivity contribution < 1.29 is 19.1 Å². The molecule has 0 radical (unpaired) electrons. The van der Waals surface area contributed by atoms with Crippen LogP contribution in [0.3, 0.4) is 0 Å². The molecule has 0 atom stereocenters. The molecule has 0 aliphatic carbocycles. The fourth-order valence-corrected chi connectivity index (χ4v) is 2.37. The summed E-state index contributed by atoms with van der Waals surface area (Å²) in [5, 5.41) is 0. The Balaban J connectivity index is 2.55. The van der Waals surface area contributed by atoms with Gasteiger partial charge in [-0.15, -0.1) is 0 Å². The summed E-state index contributed by atoms with van der Waals surface area (Å²) in [5.41, 5.74) is 0.958. The standard InChI is InChI=1S/C18H18O4/c1-18(16(19)21-2,17(20)22-3)15-11-7-10-14(12-15)13-8-5-4-6-9-13/h4-12H,1-3H3. The minimum Gasteiger partial charge on any atom is -0.468 e. The quantitative estimate of drug-likeness (QED) is 0.643. The third-order valence-electron chi connectivity index (χ3n) is 3.73. The van der Waals surface area contributed by atoms with Gasteiger partial charge < -0.3 is 9.47 Å². The first-order valence-corrected chi connectivity index (χ1v) is 6.87. The molecule has 4 nitrogen and oxygen atoms in total. The average molecular weight is 298 g/mol. The van der Waals surface area contributed by atoms with Crippen LogP contribution in [0, 0.1) is 0 Å². The monoisotopic (exact) mass is 298 g/mol. The van der Waals surface area contributed by atoms with Crippen molar-refractivity contribution in [3.05, 3.63) is 60.2 Å². The molecule has 0 aromatic heterocycles. The summed E-state index contributed by atoms with van der Waals surface area (Å²) in [6.45, 7) is 1.51. The molecule has 0 heterocycles. The zero-order valence-electron chi connectivity index (χ0n) is 12.8. The van der Waals surface area contributed by atoms with Crippen LogP contribution in [0.15, 0.2) is 54.6 Å². The molecule has 0 N–H and O–H groups in total. The Labute approximate surface area is 129 Å². The highest BCUT2D eigenvalue weighted by molar-refractivity contribution is 6.06. The smallest absolute Gasteiger partial charge is 0.327 e. The number of methoxy groups -OCH3 is 2. The Morgan fingerprint density at radius 2 is 1.36 bits per heavy atom. The Hall–Kier alpha value is -2.62. The lowest BCUT2D eigenvalue weighted by Gasteiger charge is -2.24. The van der Waals surface area contributed by atoms with Crippen LogP contribution >= 0.6 is 0 Å². The van der Waals surface area contributed by atoms with Crippen LogP contribution in [-0.4, -0.2) is 26.2 Å². The van der Waals surface area contributed by atoms with Crippen molar-refractivity contribution in [2.24, 2.45) is 0 Å². The van der Waals surface area contributed by atoms with Gasteiger partial charge >= 0.3 is 11.9 Å². The minimum absolute atomic E-state index is 0.535. The average Bonchev–Trinajstić information content (AvgIpc) is 2.60. The molecule has 0 aliphatic heterocycles. The van der Waals surface area contributed by atoms with E-state index in [1.165, 1.54) is 21.1 Å². The van der Waals surface area contributed by atoms with Crippen molar-refractivity contribution >= 4 is 11.9 Å². The summed E-state index contributed by atoms with van der Waals surface area (Å²) in [6, 6.07) is 17.0. The molecule has 114 valence electrons. The maximum atomic E-state index is 12.2. The molecule has 0 spiro atoms. The maximum Gasteiger partial charge on any atom is 0.327 e. The number of carbonyl (C=O) groups excluding carboxylic acids is 2. The number of carbonyl (C=O) groups is 2. The maximum absolute atomic E-state index is 12.2. The van der Waals surface area contributed by atoms with E-state index in [0.717, 1.165) is 11.1 Å². The van der Waals surface area contributed by atoms with Gasteiger partial charge in [0.05, 0.1) is 14.2 Å². The lowest BCUT2D eigenvalue weighted by atomic mass is 9.81. The summed E-state index contributed by atoms with van der Waals surface area (Å²) in [6.07, 6.45) is 0. The van der Waals surface area contributed by atoms with Crippen LogP contribution in [0.2, 0.25) is 0 Å². The van der Waals surface area contributed by atoms with Gasteiger partial charge in [-0.25, -0.2) is 0 Å². The third-order valence-corrected chi connectivity index (χ3v) is 3.73. The van der Waals surface area contributed by atoms with E-state index in [0.29, 0.717) is 5.56 Å². The SMILES string of the molecule is COC(=O)C(C)(C(=O)OC)c1cccc(-c2ccccc2)c1. The summed E-state index contributed by atoms with van der Waals surface area (Å²) in [4.78, 5) is 24.3. The second kappa shape index (κ2) is 6.43. The second-order valence-electron chi connectivity index (χ2n) is 5.05. The van der Waals surface area contributed by atoms with Crippen LogP contribution in [0.25, 0.3) is 11.1 Å². The molecule has 0 fully saturated rings. The number of hydrogen-bond donors (Lipinski definition) is 0. The molecule has 2 aromatic rings. The van der Waals surface area contributed by atoms with E-state index < -0.39 is 17.4 Å². The van der Waals surface area contributed by atoms with E-state index >= 15 is 0 Å². The normalized spacial score (nSPS) is 10.9. The fourth-order valence-electron chi connectivity index (χ4n) is 2.37. The summed E-state index contributed by atoms with van der Waals surface area (Å²) < 4.78 is 9.60. The fraction of sp³-hybridized carbons (Fsp3) is 0.222. The Morgan fingerprint density at radius 3 is 1.91 bits per heavy atom. The highest BCUT2D eigenvalue weighted by atomic mass is 16.5. The Bertz CT molecular complexity index is 660. The molecule has 0 aliphatic rings. The minimum atomic E-state index is -1.49. The topological polar surface area (TPSA) is 52.6 Å². The number of rotatable bonds is 4. The van der Waals surface area contributed by atoms with E-state index in [9.17, 15) is 9.59 Å². The predicted octanol–water partition coefficient (Wildman–Crippen LogP) is 2.96. The summed E-state index contributed by atoms with van der Waals surface area (Å²) in [5.74, 6) is -1.30. The van der Waals surface area contributed by atoms with E-state index in [1.54, 1.807) is 6.07 Å². The van der Waals surface area contributed by atoms with Crippen LogP contribution < -0.4 is 0 Å². The van der Waals surface area contributed by atoms with E-state index in [2.05, 4.69) is 0 Å². The van der Waals surface area contributed by atoms with Gasteiger partial charge in [0.25, 0.3) is 0 Å². The van der Waals surface area contributed by atoms with Crippen molar-refractivity contribution in [3.8, 4) is 11.1 Å². The molecule has 2 rings (SSSR count). The van der Waals surface area contributed by atoms with Crippen molar-refractivity contribution in [2.75, 3.05) is 14.2 Å². The molecule has 0 saturated carbocycles. The first kappa shape index (κ1) is 15.8. The summed E-state index contributed by atoms with van der Waals surface area (Å²) >= 11 is 0. The van der Waals surface area contributed by atoms with Gasteiger partial charge in [0.1, 0.15) is 0 Å². The first-order chi connectivity index (χ1) is 10.5. The lowest BCUT2D eigenvalue weighted by molar-refractivity contribution is -0.160. The number of esters is 2. The zero-order valence-corrected chi connectivity index (χ0v) is 12.8. The Kier molecular flexibility index (Phi) is 4.61. The molecule has 0 saturated heterocycles. The van der Waals surface area contributed by atoms with Crippen LogP contribution in [0.1, 0.15) is 12.5 Å². The highest BCUT2D eigenvalue weighted by Crippen LogP contribution is 2.30. The van der Waals surface area contributed by atoms with Gasteiger partial charge in [0.2, 0.25) is 0 Å².